The monoisotopic (exact) mass is 354 g/mol. The molecular weight excluding hydrogens is 332 g/mol. The summed E-state index contributed by atoms with van der Waals surface area (Å²) in [6.07, 6.45) is 1.91. The van der Waals surface area contributed by atoms with E-state index in [0.717, 1.165) is 18.4 Å². The van der Waals surface area contributed by atoms with Crippen molar-refractivity contribution >= 4 is 29.1 Å². The molecule has 1 heterocycles. The van der Waals surface area contributed by atoms with E-state index in [2.05, 4.69) is 5.32 Å². The third-order valence-corrected chi connectivity index (χ3v) is 4.39. The van der Waals surface area contributed by atoms with E-state index in [0.29, 0.717) is 29.6 Å². The maximum absolute atomic E-state index is 12.3. The highest BCUT2D eigenvalue weighted by molar-refractivity contribution is 6.31. The van der Waals surface area contributed by atoms with Crippen molar-refractivity contribution in [1.29, 1.82) is 0 Å². The van der Waals surface area contributed by atoms with Crippen molar-refractivity contribution in [2.45, 2.75) is 32.8 Å². The van der Waals surface area contributed by atoms with Crippen LogP contribution in [0.5, 0.6) is 5.75 Å². The Morgan fingerprint density at radius 2 is 2.21 bits per heavy atom. The fourth-order valence-electron chi connectivity index (χ4n) is 2.63. The molecule has 1 N–H and O–H groups in total. The minimum atomic E-state index is -0.289. The number of hydrogen-bond donors (Lipinski definition) is 1. The summed E-state index contributed by atoms with van der Waals surface area (Å²) < 4.78 is 10.8. The Morgan fingerprint density at radius 3 is 2.79 bits per heavy atom. The molecule has 1 aliphatic rings. The number of carbonyl (C=O) groups is 2. The van der Waals surface area contributed by atoms with Crippen LogP contribution < -0.4 is 10.1 Å². The molecule has 1 aromatic rings. The Morgan fingerprint density at radius 1 is 1.46 bits per heavy atom. The van der Waals surface area contributed by atoms with Crippen molar-refractivity contribution in [3.63, 3.8) is 0 Å². The number of rotatable bonds is 6. The minimum Gasteiger partial charge on any atom is -0.495 e. The van der Waals surface area contributed by atoms with Gasteiger partial charge in [-0.25, -0.2) is 0 Å². The second-order valence-corrected chi connectivity index (χ2v) is 6.29. The second kappa shape index (κ2) is 8.35. The van der Waals surface area contributed by atoms with Crippen LogP contribution in [-0.4, -0.2) is 49.6 Å². The molecule has 24 heavy (non-hydrogen) atoms. The lowest BCUT2D eigenvalue weighted by atomic mass is 10.2. The summed E-state index contributed by atoms with van der Waals surface area (Å²) in [6, 6.07) is 3.40. The minimum absolute atomic E-state index is 0.00834. The fraction of sp³-hybridized carbons (Fsp3) is 0.529. The first kappa shape index (κ1) is 18.5. The van der Waals surface area contributed by atoms with E-state index >= 15 is 0 Å². The topological polar surface area (TPSA) is 67.9 Å². The Kier molecular flexibility index (Phi) is 6.45. The summed E-state index contributed by atoms with van der Waals surface area (Å²) in [6.45, 7) is 4.41. The van der Waals surface area contributed by atoms with Crippen molar-refractivity contribution in [3.8, 4) is 5.75 Å². The van der Waals surface area contributed by atoms with Gasteiger partial charge in [-0.05, 0) is 31.4 Å². The van der Waals surface area contributed by atoms with Gasteiger partial charge in [-0.2, -0.15) is 0 Å². The van der Waals surface area contributed by atoms with E-state index in [1.54, 1.807) is 12.1 Å². The maximum atomic E-state index is 12.3. The van der Waals surface area contributed by atoms with Crippen LogP contribution in [0.2, 0.25) is 5.02 Å². The van der Waals surface area contributed by atoms with Crippen LogP contribution in [0, 0.1) is 6.92 Å². The van der Waals surface area contributed by atoms with Crippen LogP contribution in [0.25, 0.3) is 0 Å². The molecule has 2 rings (SSSR count). The van der Waals surface area contributed by atoms with Crippen molar-refractivity contribution in [2.24, 2.45) is 0 Å². The van der Waals surface area contributed by atoms with Gasteiger partial charge < -0.3 is 19.7 Å². The Balaban J connectivity index is 2.02. The van der Waals surface area contributed by atoms with Crippen LogP contribution in [0.15, 0.2) is 12.1 Å². The van der Waals surface area contributed by atoms with Crippen LogP contribution in [-0.2, 0) is 14.3 Å². The van der Waals surface area contributed by atoms with E-state index in [-0.39, 0.29) is 24.5 Å². The number of halogens is 1. The number of aryl methyl sites for hydroxylation is 1. The number of nitrogens with one attached hydrogen (secondary N) is 1. The zero-order valence-corrected chi connectivity index (χ0v) is 15.0. The number of nitrogens with zero attached hydrogens (tertiary/aromatic N) is 1. The lowest BCUT2D eigenvalue weighted by Gasteiger charge is -2.23. The van der Waals surface area contributed by atoms with Crippen LogP contribution in [0.1, 0.15) is 25.3 Å². The highest BCUT2D eigenvalue weighted by atomic mass is 35.5. The predicted molar refractivity (Wildman–Crippen MR) is 92.6 cm³/mol. The Bertz CT molecular complexity index is 615. The van der Waals surface area contributed by atoms with Gasteiger partial charge in [0.15, 0.2) is 0 Å². The van der Waals surface area contributed by atoms with Crippen LogP contribution >= 0.6 is 11.6 Å². The molecule has 2 amide bonds. The van der Waals surface area contributed by atoms with E-state index < -0.39 is 0 Å². The van der Waals surface area contributed by atoms with Crippen molar-refractivity contribution in [2.75, 3.05) is 32.1 Å². The number of methoxy groups -OCH3 is 1. The molecule has 0 bridgehead atoms. The van der Waals surface area contributed by atoms with Crippen LogP contribution in [0.4, 0.5) is 5.69 Å². The second-order valence-electron chi connectivity index (χ2n) is 5.88. The lowest BCUT2D eigenvalue weighted by Crippen LogP contribution is -2.41. The van der Waals surface area contributed by atoms with Gasteiger partial charge in [0.05, 0.1) is 25.4 Å². The average molecular weight is 355 g/mol. The van der Waals surface area contributed by atoms with Gasteiger partial charge in [-0.15, -0.1) is 0 Å². The SMILES string of the molecule is COc1cc(Cl)c(C)cc1NC(=O)CN(CC1CCCO1)C(C)=O. The molecule has 1 unspecified atom stereocenters. The van der Waals surface area contributed by atoms with E-state index in [1.165, 1.54) is 18.9 Å². The molecule has 7 heteroatoms. The molecule has 0 radical (unpaired) electrons. The number of hydrogen-bond acceptors (Lipinski definition) is 4. The number of carbonyl (C=O) groups excluding carboxylic acids is 2. The third kappa shape index (κ3) is 4.85. The van der Waals surface area contributed by atoms with E-state index in [1.807, 2.05) is 6.92 Å². The Hall–Kier alpha value is -1.79. The molecule has 1 saturated heterocycles. The molecule has 1 aromatic carbocycles. The first-order chi connectivity index (χ1) is 11.4. The number of benzene rings is 1. The zero-order chi connectivity index (χ0) is 17.7. The van der Waals surface area contributed by atoms with Gasteiger partial charge in [0.1, 0.15) is 5.75 Å². The zero-order valence-electron chi connectivity index (χ0n) is 14.2. The summed E-state index contributed by atoms with van der Waals surface area (Å²) in [5.74, 6) is 0.0376. The highest BCUT2D eigenvalue weighted by Crippen LogP contribution is 2.30. The molecule has 6 nitrogen and oxygen atoms in total. The van der Waals surface area contributed by atoms with Gasteiger partial charge >= 0.3 is 0 Å². The van der Waals surface area contributed by atoms with Gasteiger partial charge in [0.2, 0.25) is 11.8 Å². The predicted octanol–water partition coefficient (Wildman–Crippen LogP) is 2.62. The fourth-order valence-corrected chi connectivity index (χ4v) is 2.79. The molecule has 0 aromatic heterocycles. The van der Waals surface area contributed by atoms with Crippen LogP contribution in [0.3, 0.4) is 0 Å². The van der Waals surface area contributed by atoms with Crippen molar-refractivity contribution in [3.05, 3.63) is 22.7 Å². The normalized spacial score (nSPS) is 16.8. The summed E-state index contributed by atoms with van der Waals surface area (Å²) in [4.78, 5) is 25.6. The molecule has 0 aliphatic carbocycles. The molecule has 1 fully saturated rings. The average Bonchev–Trinajstić information content (AvgIpc) is 3.03. The smallest absolute Gasteiger partial charge is 0.244 e. The maximum Gasteiger partial charge on any atom is 0.244 e. The largest absolute Gasteiger partial charge is 0.495 e. The number of amides is 2. The van der Waals surface area contributed by atoms with Gasteiger partial charge in [0, 0.05) is 31.2 Å². The summed E-state index contributed by atoms with van der Waals surface area (Å²) in [5, 5.41) is 3.35. The molecule has 132 valence electrons. The molecule has 0 spiro atoms. The van der Waals surface area contributed by atoms with Gasteiger partial charge in [-0.3, -0.25) is 9.59 Å². The highest BCUT2D eigenvalue weighted by Gasteiger charge is 2.23. The lowest BCUT2D eigenvalue weighted by molar-refractivity contribution is -0.134. The Labute approximate surface area is 147 Å². The first-order valence-corrected chi connectivity index (χ1v) is 8.29. The molecule has 1 atom stereocenters. The van der Waals surface area contributed by atoms with E-state index in [4.69, 9.17) is 21.1 Å². The molecule has 1 aliphatic heterocycles. The number of ether oxygens (including phenoxy) is 2. The first-order valence-electron chi connectivity index (χ1n) is 7.91. The number of anilines is 1. The quantitative estimate of drug-likeness (QED) is 0.852. The molecular formula is C17H23ClN2O4. The summed E-state index contributed by atoms with van der Waals surface area (Å²) in [5.41, 5.74) is 1.36. The van der Waals surface area contributed by atoms with E-state index in [9.17, 15) is 9.59 Å². The third-order valence-electron chi connectivity index (χ3n) is 3.98. The summed E-state index contributed by atoms with van der Waals surface area (Å²) in [7, 11) is 1.51. The van der Waals surface area contributed by atoms with Gasteiger partial charge in [-0.1, -0.05) is 11.6 Å². The summed E-state index contributed by atoms with van der Waals surface area (Å²) >= 11 is 6.06. The van der Waals surface area contributed by atoms with Gasteiger partial charge in [0.25, 0.3) is 0 Å². The molecule has 0 saturated carbocycles. The standard InChI is InChI=1S/C17H23ClN2O4/c1-11-7-15(16(23-3)8-14(11)18)19-17(22)10-20(12(2)21)9-13-5-4-6-24-13/h7-8,13H,4-6,9-10H2,1-3H3,(H,19,22). The van der Waals surface area contributed by atoms with Crippen molar-refractivity contribution in [1.82, 2.24) is 4.90 Å². The van der Waals surface area contributed by atoms with Crippen molar-refractivity contribution < 1.29 is 19.1 Å².